The van der Waals surface area contributed by atoms with Gasteiger partial charge in [-0.05, 0) is 11.1 Å². The van der Waals surface area contributed by atoms with Crippen LogP contribution in [0.15, 0.2) is 73.1 Å². The van der Waals surface area contributed by atoms with E-state index in [0.717, 1.165) is 11.1 Å². The molecule has 15 heteroatoms. The molecule has 0 aliphatic rings. The molecule has 190 valence electrons. The summed E-state index contributed by atoms with van der Waals surface area (Å²) in [5.74, 6) is -5.43. The summed E-state index contributed by atoms with van der Waals surface area (Å²) in [7, 11) is -4.98. The molecular formula is C21H19F4N6O4P. The van der Waals surface area contributed by atoms with Gasteiger partial charge in [0.2, 0.25) is 0 Å². The molecule has 0 N–H and O–H groups in total. The number of nitrogens with zero attached hydrogens (tertiary/aromatic N) is 6. The van der Waals surface area contributed by atoms with Gasteiger partial charge in [-0.15, -0.1) is 0 Å². The maximum Gasteiger partial charge on any atom is 0.590 e. The number of alkyl halides is 4. The predicted octanol–water partition coefficient (Wildman–Crippen LogP) is 4.45. The number of hydrogen-bond donors (Lipinski definition) is 0. The second kappa shape index (κ2) is 10.9. The lowest BCUT2D eigenvalue weighted by atomic mass is 10.2. The Hall–Kier alpha value is -3.77. The van der Waals surface area contributed by atoms with Crippen LogP contribution in [0.25, 0.3) is 0 Å². The molecule has 0 spiro atoms. The van der Waals surface area contributed by atoms with Crippen LogP contribution in [0.4, 0.5) is 17.6 Å². The van der Waals surface area contributed by atoms with Crippen molar-refractivity contribution >= 4 is 7.82 Å². The second-order valence-electron chi connectivity index (χ2n) is 7.44. The first kappa shape index (κ1) is 25.3. The Morgan fingerprint density at radius 2 is 1.25 bits per heavy atom. The van der Waals surface area contributed by atoms with Gasteiger partial charge in [-0.3, -0.25) is 4.52 Å². The van der Waals surface area contributed by atoms with E-state index in [1.54, 1.807) is 0 Å². The molecule has 0 saturated carbocycles. The number of hydrogen-bond acceptors (Lipinski definition) is 8. The number of rotatable bonds is 12. The maximum absolute atomic E-state index is 13.5. The quantitative estimate of drug-likeness (QED) is 0.197. The number of phosphoric ester groups is 1. The highest BCUT2D eigenvalue weighted by atomic mass is 31.2. The standard InChI is InChI=1S/C21H19F4N6O4P/c22-20(23)21(24,25)15-33-36(32,34-18-13-30(28-26-18)11-16-7-3-1-4-8-16)35-19-14-31(29-27-19)12-17-9-5-2-6-10-17/h1-10,13-14,20H,11-12,15H2. The summed E-state index contributed by atoms with van der Waals surface area (Å²) in [5.41, 5.74) is 1.72. The molecule has 4 aromatic rings. The molecule has 0 radical (unpaired) electrons. The lowest BCUT2D eigenvalue weighted by molar-refractivity contribution is -0.150. The fourth-order valence-electron chi connectivity index (χ4n) is 2.87. The van der Waals surface area contributed by atoms with E-state index >= 15 is 0 Å². The van der Waals surface area contributed by atoms with Crippen molar-refractivity contribution in [2.45, 2.75) is 25.4 Å². The van der Waals surface area contributed by atoms with Crippen LogP contribution >= 0.6 is 7.82 Å². The van der Waals surface area contributed by atoms with Crippen molar-refractivity contribution < 1.29 is 35.7 Å². The fourth-order valence-corrected chi connectivity index (χ4v) is 3.97. The summed E-state index contributed by atoms with van der Waals surface area (Å²) >= 11 is 0. The molecule has 0 bridgehead atoms. The van der Waals surface area contributed by atoms with E-state index in [-0.39, 0.29) is 13.1 Å². The summed E-state index contributed by atoms with van der Waals surface area (Å²) in [5, 5.41) is 14.9. The van der Waals surface area contributed by atoms with E-state index < -0.39 is 38.5 Å². The van der Waals surface area contributed by atoms with Crippen LogP contribution in [-0.4, -0.2) is 48.9 Å². The SMILES string of the molecule is O=P(OCC(F)(F)C(F)F)(Oc1cn(Cc2ccccc2)nn1)Oc1cn(Cc2ccccc2)nn1. The molecule has 4 rings (SSSR count). The van der Waals surface area contributed by atoms with Crippen LogP contribution < -0.4 is 9.05 Å². The number of phosphoric acid groups is 1. The Morgan fingerprint density at radius 3 is 1.67 bits per heavy atom. The smallest absolute Gasteiger partial charge is 0.373 e. The van der Waals surface area contributed by atoms with Crippen LogP contribution in [0.1, 0.15) is 11.1 Å². The Balaban J connectivity index is 1.49. The van der Waals surface area contributed by atoms with Gasteiger partial charge in [-0.1, -0.05) is 81.3 Å². The summed E-state index contributed by atoms with van der Waals surface area (Å²) in [6.45, 7) is -1.42. The van der Waals surface area contributed by atoms with E-state index in [9.17, 15) is 22.1 Å². The zero-order chi connectivity index (χ0) is 25.6. The van der Waals surface area contributed by atoms with Crippen molar-refractivity contribution in [2.24, 2.45) is 0 Å². The van der Waals surface area contributed by atoms with Gasteiger partial charge in [0.05, 0.1) is 25.5 Å². The van der Waals surface area contributed by atoms with Crippen LogP contribution in [0.2, 0.25) is 0 Å². The Labute approximate surface area is 202 Å². The summed E-state index contributed by atoms with van der Waals surface area (Å²) in [6.07, 6.45) is -1.64. The molecule has 2 heterocycles. The van der Waals surface area contributed by atoms with E-state index in [4.69, 9.17) is 9.05 Å². The highest BCUT2D eigenvalue weighted by molar-refractivity contribution is 7.49. The van der Waals surface area contributed by atoms with Crippen molar-refractivity contribution in [1.82, 2.24) is 30.0 Å². The largest absolute Gasteiger partial charge is 0.590 e. The van der Waals surface area contributed by atoms with E-state index in [1.807, 2.05) is 60.7 Å². The molecule has 10 nitrogen and oxygen atoms in total. The van der Waals surface area contributed by atoms with Crippen molar-refractivity contribution in [2.75, 3.05) is 6.61 Å². The van der Waals surface area contributed by atoms with E-state index in [1.165, 1.54) is 21.8 Å². The third kappa shape index (κ3) is 6.89. The fraction of sp³-hybridized carbons (Fsp3) is 0.238. The predicted molar refractivity (Wildman–Crippen MR) is 117 cm³/mol. The molecule has 36 heavy (non-hydrogen) atoms. The molecule has 0 aliphatic carbocycles. The first-order valence-electron chi connectivity index (χ1n) is 10.4. The molecule has 0 fully saturated rings. The molecule has 0 unspecified atom stereocenters. The number of aromatic nitrogens is 6. The maximum atomic E-state index is 13.5. The zero-order valence-electron chi connectivity index (χ0n) is 18.4. The minimum Gasteiger partial charge on any atom is -0.373 e. The average Bonchev–Trinajstić information content (AvgIpc) is 3.48. The van der Waals surface area contributed by atoms with Gasteiger partial charge in [0.1, 0.15) is 6.61 Å². The molecule has 0 aliphatic heterocycles. The van der Waals surface area contributed by atoms with Gasteiger partial charge in [-0.2, -0.15) is 8.78 Å². The minimum atomic E-state index is -4.98. The molecule has 0 amide bonds. The summed E-state index contributed by atoms with van der Waals surface area (Å²) < 4.78 is 82.7. The van der Waals surface area contributed by atoms with E-state index in [0.29, 0.717) is 0 Å². The third-order valence-electron chi connectivity index (χ3n) is 4.56. The molecule has 2 aromatic heterocycles. The van der Waals surface area contributed by atoms with Gasteiger partial charge in [-0.25, -0.2) is 22.7 Å². The van der Waals surface area contributed by atoms with Crippen molar-refractivity contribution in [3.05, 3.63) is 84.2 Å². The van der Waals surface area contributed by atoms with Gasteiger partial charge in [0.25, 0.3) is 11.8 Å². The highest BCUT2D eigenvalue weighted by Gasteiger charge is 2.45. The van der Waals surface area contributed by atoms with Crippen LogP contribution in [-0.2, 0) is 22.2 Å². The van der Waals surface area contributed by atoms with E-state index in [2.05, 4.69) is 25.1 Å². The first-order chi connectivity index (χ1) is 17.2. The van der Waals surface area contributed by atoms with Crippen molar-refractivity contribution in [3.8, 4) is 11.8 Å². The van der Waals surface area contributed by atoms with Crippen LogP contribution in [0, 0.1) is 0 Å². The minimum absolute atomic E-state index is 0.264. The van der Waals surface area contributed by atoms with Crippen molar-refractivity contribution in [3.63, 3.8) is 0 Å². The lowest BCUT2D eigenvalue weighted by Crippen LogP contribution is -2.32. The highest BCUT2D eigenvalue weighted by Crippen LogP contribution is 2.49. The number of halogens is 4. The Bertz CT molecular complexity index is 1220. The van der Waals surface area contributed by atoms with Crippen LogP contribution in [0.5, 0.6) is 11.8 Å². The Kier molecular flexibility index (Phi) is 7.65. The topological polar surface area (TPSA) is 106 Å². The summed E-state index contributed by atoms with van der Waals surface area (Å²) in [6, 6.07) is 18.2. The molecule has 2 aromatic carbocycles. The lowest BCUT2D eigenvalue weighted by Gasteiger charge is -2.19. The van der Waals surface area contributed by atoms with Crippen LogP contribution in [0.3, 0.4) is 0 Å². The van der Waals surface area contributed by atoms with Gasteiger partial charge >= 0.3 is 20.2 Å². The molecular weight excluding hydrogens is 507 g/mol. The molecule has 0 atom stereocenters. The van der Waals surface area contributed by atoms with Crippen molar-refractivity contribution in [1.29, 1.82) is 0 Å². The monoisotopic (exact) mass is 526 g/mol. The Morgan fingerprint density at radius 1 is 0.806 bits per heavy atom. The van der Waals surface area contributed by atoms with Gasteiger partial charge in [0.15, 0.2) is 0 Å². The average molecular weight is 526 g/mol. The normalized spacial score (nSPS) is 12.1. The molecule has 0 saturated heterocycles. The third-order valence-corrected chi connectivity index (χ3v) is 5.82. The summed E-state index contributed by atoms with van der Waals surface area (Å²) in [4.78, 5) is 0. The number of benzene rings is 2. The van der Waals surface area contributed by atoms with Gasteiger partial charge in [0, 0.05) is 0 Å². The van der Waals surface area contributed by atoms with Gasteiger partial charge < -0.3 is 9.05 Å². The second-order valence-corrected chi connectivity index (χ2v) is 8.96. The first-order valence-corrected chi connectivity index (χ1v) is 11.8. The zero-order valence-corrected chi connectivity index (χ0v) is 19.3.